The molecule has 1 aromatic carbocycles. The summed E-state index contributed by atoms with van der Waals surface area (Å²) < 4.78 is 5.48. The van der Waals surface area contributed by atoms with Crippen LogP contribution in [0.15, 0.2) is 18.2 Å². The number of ether oxygens (including phenoxy) is 1. The predicted octanol–water partition coefficient (Wildman–Crippen LogP) is 3.98. The lowest BCUT2D eigenvalue weighted by Gasteiger charge is -2.17. The lowest BCUT2D eigenvalue weighted by molar-refractivity contribution is 0.200. The van der Waals surface area contributed by atoms with Crippen molar-refractivity contribution in [2.24, 2.45) is 11.8 Å². The minimum absolute atomic E-state index is 0.0626. The minimum atomic E-state index is 0.0626. The third-order valence-corrected chi connectivity index (χ3v) is 3.67. The van der Waals surface area contributed by atoms with Gasteiger partial charge in [-0.1, -0.05) is 39.3 Å². The average Bonchev–Trinajstić information content (AvgIpc) is 2.37. The van der Waals surface area contributed by atoms with E-state index in [9.17, 15) is 0 Å². The lowest BCUT2D eigenvalue weighted by atomic mass is 9.90. The van der Waals surface area contributed by atoms with Gasteiger partial charge in [-0.3, -0.25) is 0 Å². The fourth-order valence-electron chi connectivity index (χ4n) is 2.50. The molecular formula is C17H28O2. The molecule has 108 valence electrons. The molecule has 0 radical (unpaired) electrons. The van der Waals surface area contributed by atoms with Crippen molar-refractivity contribution < 1.29 is 9.84 Å². The lowest BCUT2D eigenvalue weighted by Crippen LogP contribution is -2.06. The summed E-state index contributed by atoms with van der Waals surface area (Å²) in [7, 11) is 0. The van der Waals surface area contributed by atoms with Gasteiger partial charge in [-0.15, -0.1) is 0 Å². The maximum atomic E-state index is 8.77. The molecule has 1 aromatic rings. The van der Waals surface area contributed by atoms with E-state index < -0.39 is 0 Å². The first-order valence-electron chi connectivity index (χ1n) is 7.40. The van der Waals surface area contributed by atoms with Crippen molar-refractivity contribution in [2.45, 2.75) is 47.0 Å². The molecular weight excluding hydrogens is 236 g/mol. The van der Waals surface area contributed by atoms with E-state index in [2.05, 4.69) is 39.8 Å². The maximum absolute atomic E-state index is 8.77. The minimum Gasteiger partial charge on any atom is -0.491 e. The molecule has 2 atom stereocenters. The van der Waals surface area contributed by atoms with Gasteiger partial charge in [-0.25, -0.2) is 0 Å². The number of hydrogen-bond donors (Lipinski definition) is 1. The van der Waals surface area contributed by atoms with Crippen LogP contribution in [0, 0.1) is 18.8 Å². The molecule has 0 spiro atoms. The Bertz CT molecular complexity index is 374. The van der Waals surface area contributed by atoms with Gasteiger partial charge in [-0.05, 0) is 48.8 Å². The van der Waals surface area contributed by atoms with Crippen molar-refractivity contribution in [2.75, 3.05) is 13.2 Å². The SMILES string of the molecule is CCC(C)CC(C)Cc1ccc(OCCO)c(C)c1. The van der Waals surface area contributed by atoms with Crippen molar-refractivity contribution in [3.05, 3.63) is 29.3 Å². The molecule has 0 saturated carbocycles. The molecule has 2 unspecified atom stereocenters. The fraction of sp³-hybridized carbons (Fsp3) is 0.647. The Kier molecular flexibility index (Phi) is 6.93. The van der Waals surface area contributed by atoms with Crippen LogP contribution in [0.5, 0.6) is 5.75 Å². The van der Waals surface area contributed by atoms with Gasteiger partial charge in [0.05, 0.1) is 6.61 Å². The fourth-order valence-corrected chi connectivity index (χ4v) is 2.50. The second kappa shape index (κ2) is 8.21. The highest BCUT2D eigenvalue weighted by atomic mass is 16.5. The summed E-state index contributed by atoms with van der Waals surface area (Å²) in [6.07, 6.45) is 3.68. The van der Waals surface area contributed by atoms with Crippen LogP contribution in [0.3, 0.4) is 0 Å². The van der Waals surface area contributed by atoms with Crippen molar-refractivity contribution in [1.82, 2.24) is 0 Å². The van der Waals surface area contributed by atoms with Crippen molar-refractivity contribution in [1.29, 1.82) is 0 Å². The Morgan fingerprint density at radius 1 is 1.21 bits per heavy atom. The number of benzene rings is 1. The molecule has 0 heterocycles. The molecule has 0 fully saturated rings. The van der Waals surface area contributed by atoms with Crippen LogP contribution >= 0.6 is 0 Å². The normalized spacial score (nSPS) is 14.2. The smallest absolute Gasteiger partial charge is 0.122 e. The quantitative estimate of drug-likeness (QED) is 0.769. The topological polar surface area (TPSA) is 29.5 Å². The van der Waals surface area contributed by atoms with Gasteiger partial charge in [0, 0.05) is 0 Å². The zero-order valence-corrected chi connectivity index (χ0v) is 12.8. The van der Waals surface area contributed by atoms with Crippen molar-refractivity contribution >= 4 is 0 Å². The van der Waals surface area contributed by atoms with E-state index in [0.29, 0.717) is 6.61 Å². The number of hydrogen-bond acceptors (Lipinski definition) is 2. The van der Waals surface area contributed by atoms with Crippen LogP contribution in [-0.2, 0) is 6.42 Å². The third kappa shape index (κ3) is 5.65. The molecule has 0 aliphatic heterocycles. The molecule has 1 N–H and O–H groups in total. The Labute approximate surface area is 117 Å². The van der Waals surface area contributed by atoms with Gasteiger partial charge >= 0.3 is 0 Å². The predicted molar refractivity (Wildman–Crippen MR) is 80.7 cm³/mol. The highest BCUT2D eigenvalue weighted by molar-refractivity contribution is 5.36. The van der Waals surface area contributed by atoms with Crippen LogP contribution < -0.4 is 4.74 Å². The first kappa shape index (κ1) is 16.0. The molecule has 2 nitrogen and oxygen atoms in total. The first-order chi connectivity index (χ1) is 9.06. The van der Waals surface area contributed by atoms with Gasteiger partial charge in [-0.2, -0.15) is 0 Å². The van der Waals surface area contributed by atoms with Crippen molar-refractivity contribution in [3.63, 3.8) is 0 Å². The second-order valence-corrected chi connectivity index (χ2v) is 5.73. The molecule has 0 aliphatic rings. The van der Waals surface area contributed by atoms with E-state index in [4.69, 9.17) is 9.84 Å². The molecule has 0 amide bonds. The summed E-state index contributed by atoms with van der Waals surface area (Å²) in [6, 6.07) is 6.38. The van der Waals surface area contributed by atoms with E-state index in [-0.39, 0.29) is 6.61 Å². The first-order valence-corrected chi connectivity index (χ1v) is 7.40. The molecule has 2 heteroatoms. The average molecular weight is 264 g/mol. The Morgan fingerprint density at radius 3 is 2.53 bits per heavy atom. The van der Waals surface area contributed by atoms with Gasteiger partial charge < -0.3 is 9.84 Å². The summed E-state index contributed by atoms with van der Waals surface area (Å²) in [5, 5.41) is 8.77. The summed E-state index contributed by atoms with van der Waals surface area (Å²) >= 11 is 0. The molecule has 0 aromatic heterocycles. The molecule has 0 bridgehead atoms. The number of aliphatic hydroxyl groups excluding tert-OH is 1. The van der Waals surface area contributed by atoms with Gasteiger partial charge in [0.1, 0.15) is 12.4 Å². The van der Waals surface area contributed by atoms with Gasteiger partial charge in [0.15, 0.2) is 0 Å². The second-order valence-electron chi connectivity index (χ2n) is 5.73. The monoisotopic (exact) mass is 264 g/mol. The van der Waals surface area contributed by atoms with Crippen LogP contribution in [-0.4, -0.2) is 18.3 Å². The van der Waals surface area contributed by atoms with Gasteiger partial charge in [0.2, 0.25) is 0 Å². The van der Waals surface area contributed by atoms with Crippen LogP contribution in [0.25, 0.3) is 0 Å². The zero-order valence-electron chi connectivity index (χ0n) is 12.8. The molecule has 0 aliphatic carbocycles. The Morgan fingerprint density at radius 2 is 1.95 bits per heavy atom. The van der Waals surface area contributed by atoms with E-state index in [1.165, 1.54) is 18.4 Å². The maximum Gasteiger partial charge on any atom is 0.122 e. The van der Waals surface area contributed by atoms with E-state index in [0.717, 1.165) is 29.6 Å². The zero-order chi connectivity index (χ0) is 14.3. The number of rotatable bonds is 8. The Hall–Kier alpha value is -1.02. The summed E-state index contributed by atoms with van der Waals surface area (Å²) in [6.45, 7) is 9.41. The van der Waals surface area contributed by atoms with Crippen LogP contribution in [0.1, 0.15) is 44.7 Å². The molecule has 19 heavy (non-hydrogen) atoms. The number of aryl methyl sites for hydroxylation is 1. The Balaban J connectivity index is 2.57. The highest BCUT2D eigenvalue weighted by Crippen LogP contribution is 2.23. The van der Waals surface area contributed by atoms with E-state index in [1.807, 2.05) is 6.07 Å². The van der Waals surface area contributed by atoms with Crippen LogP contribution in [0.2, 0.25) is 0 Å². The summed E-state index contributed by atoms with van der Waals surface area (Å²) in [5.74, 6) is 2.41. The van der Waals surface area contributed by atoms with E-state index >= 15 is 0 Å². The molecule has 1 rings (SSSR count). The number of aliphatic hydroxyl groups is 1. The highest BCUT2D eigenvalue weighted by Gasteiger charge is 2.09. The standard InChI is InChI=1S/C17H28O2/c1-5-13(2)10-14(3)11-16-6-7-17(15(4)12-16)19-9-8-18/h6-7,12-14,18H,5,8-11H2,1-4H3. The van der Waals surface area contributed by atoms with E-state index in [1.54, 1.807) is 0 Å². The molecule has 0 saturated heterocycles. The van der Waals surface area contributed by atoms with Crippen LogP contribution in [0.4, 0.5) is 0 Å². The van der Waals surface area contributed by atoms with Gasteiger partial charge in [0.25, 0.3) is 0 Å². The van der Waals surface area contributed by atoms with Crippen molar-refractivity contribution in [3.8, 4) is 5.75 Å². The third-order valence-electron chi connectivity index (χ3n) is 3.67. The largest absolute Gasteiger partial charge is 0.491 e. The summed E-state index contributed by atoms with van der Waals surface area (Å²) in [4.78, 5) is 0. The summed E-state index contributed by atoms with van der Waals surface area (Å²) in [5.41, 5.74) is 2.53.